The lowest BCUT2D eigenvalue weighted by molar-refractivity contribution is -0.256. The van der Waals surface area contributed by atoms with E-state index in [1.54, 1.807) is 13.0 Å². The molecule has 0 saturated carbocycles. The molecule has 13 nitrogen and oxygen atoms in total. The molecule has 2 heterocycles. The summed E-state index contributed by atoms with van der Waals surface area (Å²) in [6, 6.07) is 3.62. The number of phenolic OH excluding ortho intramolecular Hbond substituents is 2. The Balaban J connectivity index is 1.46. The molecule has 6 atom stereocenters. The Bertz CT molecular complexity index is 1630. The number of carbonyl (C=O) groups is 4. The van der Waals surface area contributed by atoms with Gasteiger partial charge in [-0.05, 0) is 13.0 Å². The van der Waals surface area contributed by atoms with Crippen molar-refractivity contribution in [2.45, 2.75) is 62.4 Å². The Morgan fingerprint density at radius 1 is 1.11 bits per heavy atom. The number of amides is 1. The van der Waals surface area contributed by atoms with E-state index in [0.717, 1.165) is 0 Å². The van der Waals surface area contributed by atoms with Crippen molar-refractivity contribution in [3.8, 4) is 17.2 Å². The smallest absolute Gasteiger partial charge is 0.246 e. The van der Waals surface area contributed by atoms with E-state index >= 15 is 0 Å². The zero-order valence-electron chi connectivity index (χ0n) is 23.9. The number of hydrogen-bond acceptors (Lipinski definition) is 12. The van der Waals surface area contributed by atoms with Gasteiger partial charge in [0.05, 0.1) is 42.0 Å². The van der Waals surface area contributed by atoms with Crippen LogP contribution in [0.3, 0.4) is 0 Å². The monoisotopic (exact) mass is 609 g/mol. The highest BCUT2D eigenvalue weighted by atomic mass is 16.7. The van der Waals surface area contributed by atoms with Gasteiger partial charge < -0.3 is 44.6 Å². The summed E-state index contributed by atoms with van der Waals surface area (Å²) in [5.74, 6) is -4.21. The van der Waals surface area contributed by atoms with Crippen molar-refractivity contribution in [1.29, 1.82) is 0 Å². The number of hydrogen-bond donors (Lipinski definition) is 5. The number of nitrogens with zero attached hydrogens (tertiary/aromatic N) is 1. The van der Waals surface area contributed by atoms with E-state index in [1.165, 1.54) is 36.3 Å². The number of aliphatic hydroxyl groups is 3. The molecule has 2 aliphatic heterocycles. The number of rotatable bonds is 6. The summed E-state index contributed by atoms with van der Waals surface area (Å²) in [5, 5.41) is 55.0. The fraction of sp³-hybridized carbons (Fsp3) is 0.419. The van der Waals surface area contributed by atoms with Crippen LogP contribution in [-0.2, 0) is 25.5 Å². The maximum Gasteiger partial charge on any atom is 0.246 e. The lowest BCUT2D eigenvalue weighted by Crippen LogP contribution is -2.56. The topological polar surface area (TPSA) is 200 Å². The predicted octanol–water partition coefficient (Wildman–Crippen LogP) is 0.441. The summed E-state index contributed by atoms with van der Waals surface area (Å²) in [6.07, 6.45) is -2.54. The molecule has 0 spiro atoms. The minimum absolute atomic E-state index is 0.0309. The summed E-state index contributed by atoms with van der Waals surface area (Å²) < 4.78 is 17.4. The quantitative estimate of drug-likeness (QED) is 0.242. The SMILES string of the molecule is COc1cccc2c1C(=O)c1c(O)c3c(c(O)c1C2=O)C[C@@](O)(C(=O)CO)C[C@@H]3O[C@H]1C[C@H](N2CC=CC2=O)[C@H](O)[C@H](C)O1. The number of Topliss-reactive ketones (excluding diaryl/α,β-unsaturated/α-hetero) is 1. The molecule has 13 heteroatoms. The second-order valence-electron chi connectivity index (χ2n) is 11.5. The third-order valence-electron chi connectivity index (χ3n) is 8.98. The fourth-order valence-corrected chi connectivity index (χ4v) is 6.75. The molecule has 1 fully saturated rings. The molecule has 5 N–H and O–H groups in total. The Labute approximate surface area is 250 Å². The van der Waals surface area contributed by atoms with Crippen molar-refractivity contribution in [3.05, 3.63) is 63.7 Å². The number of methoxy groups -OCH3 is 1. The molecule has 44 heavy (non-hydrogen) atoms. The average molecular weight is 610 g/mol. The molecule has 4 aliphatic rings. The van der Waals surface area contributed by atoms with E-state index in [9.17, 15) is 44.7 Å². The van der Waals surface area contributed by atoms with Gasteiger partial charge in [0.2, 0.25) is 11.7 Å². The number of phenols is 2. The zero-order valence-corrected chi connectivity index (χ0v) is 23.9. The highest BCUT2D eigenvalue weighted by molar-refractivity contribution is 6.31. The molecular weight excluding hydrogens is 578 g/mol. The second kappa shape index (κ2) is 10.8. The van der Waals surface area contributed by atoms with E-state index in [4.69, 9.17) is 14.2 Å². The molecule has 2 aromatic carbocycles. The zero-order chi connectivity index (χ0) is 31.7. The number of aliphatic hydroxyl groups excluding tert-OH is 2. The molecule has 2 aliphatic carbocycles. The molecular formula is C31H31NO12. The number of benzene rings is 2. The first-order valence-electron chi connectivity index (χ1n) is 14.1. The first kappa shape index (κ1) is 29.9. The average Bonchev–Trinajstić information content (AvgIpc) is 3.43. The van der Waals surface area contributed by atoms with Crippen molar-refractivity contribution in [1.82, 2.24) is 4.90 Å². The van der Waals surface area contributed by atoms with Crippen molar-refractivity contribution in [2.24, 2.45) is 0 Å². The van der Waals surface area contributed by atoms with Crippen LogP contribution in [0.15, 0.2) is 30.4 Å². The summed E-state index contributed by atoms with van der Waals surface area (Å²) in [6.45, 7) is 0.797. The Morgan fingerprint density at radius 3 is 2.50 bits per heavy atom. The van der Waals surface area contributed by atoms with Gasteiger partial charge in [-0.15, -0.1) is 0 Å². The van der Waals surface area contributed by atoms with E-state index < -0.39 is 95.7 Å². The Hall–Kier alpha value is -4.14. The number of aromatic hydroxyl groups is 2. The van der Waals surface area contributed by atoms with Crippen LogP contribution < -0.4 is 4.74 Å². The lowest BCUT2D eigenvalue weighted by atomic mass is 9.72. The highest BCUT2D eigenvalue weighted by Crippen LogP contribution is 2.52. The molecule has 0 bridgehead atoms. The first-order valence-corrected chi connectivity index (χ1v) is 14.1. The molecule has 2 aromatic rings. The number of carbonyl (C=O) groups excluding carboxylic acids is 4. The maximum absolute atomic E-state index is 13.8. The van der Waals surface area contributed by atoms with E-state index in [0.29, 0.717) is 0 Å². The summed E-state index contributed by atoms with van der Waals surface area (Å²) in [5.41, 5.74) is -3.81. The van der Waals surface area contributed by atoms with Crippen LogP contribution in [0.4, 0.5) is 0 Å². The van der Waals surface area contributed by atoms with Crippen molar-refractivity contribution in [3.63, 3.8) is 0 Å². The number of ketones is 3. The second-order valence-corrected chi connectivity index (χ2v) is 11.5. The van der Waals surface area contributed by atoms with Crippen LogP contribution in [0.5, 0.6) is 17.2 Å². The minimum Gasteiger partial charge on any atom is -0.507 e. The Morgan fingerprint density at radius 2 is 1.84 bits per heavy atom. The van der Waals surface area contributed by atoms with Crippen LogP contribution in [0, 0.1) is 0 Å². The summed E-state index contributed by atoms with van der Waals surface area (Å²) in [7, 11) is 1.32. The van der Waals surface area contributed by atoms with Crippen LogP contribution >= 0.6 is 0 Å². The third kappa shape index (κ3) is 4.42. The molecule has 0 radical (unpaired) electrons. The Kier molecular flexibility index (Phi) is 7.33. The van der Waals surface area contributed by atoms with Crippen molar-refractivity contribution < 1.29 is 58.9 Å². The van der Waals surface area contributed by atoms with Gasteiger partial charge in [0.25, 0.3) is 0 Å². The van der Waals surface area contributed by atoms with E-state index in [2.05, 4.69) is 0 Å². The molecule has 1 amide bonds. The normalized spacial score (nSPS) is 29.3. The van der Waals surface area contributed by atoms with Crippen LogP contribution in [0.2, 0.25) is 0 Å². The predicted molar refractivity (Wildman–Crippen MR) is 148 cm³/mol. The van der Waals surface area contributed by atoms with Crippen LogP contribution in [-0.4, -0.2) is 104 Å². The molecule has 232 valence electrons. The largest absolute Gasteiger partial charge is 0.507 e. The van der Waals surface area contributed by atoms with Gasteiger partial charge in [-0.1, -0.05) is 18.2 Å². The van der Waals surface area contributed by atoms with Gasteiger partial charge in [0.15, 0.2) is 17.9 Å². The van der Waals surface area contributed by atoms with Gasteiger partial charge >= 0.3 is 0 Å². The third-order valence-corrected chi connectivity index (χ3v) is 8.98. The van der Waals surface area contributed by atoms with Crippen LogP contribution in [0.1, 0.15) is 68.8 Å². The maximum atomic E-state index is 13.8. The van der Waals surface area contributed by atoms with E-state index in [1.807, 2.05) is 0 Å². The molecule has 6 rings (SSSR count). The molecule has 1 saturated heterocycles. The van der Waals surface area contributed by atoms with Gasteiger partial charge in [-0.25, -0.2) is 0 Å². The standard InChI is InChI=1S/C31H31NO12/c1-13-26(36)16(32-8-4-7-20(32)35)9-21(43-13)44-18-11-31(41,19(34)12-33)10-15-23(18)30(40)25-24(28(15)38)27(37)14-5-3-6-17(42-2)22(14)29(25)39/h3-7,13,16,18,21,26,33,36,38,40-41H,8-12H2,1-2H3/t13-,16-,18-,21-,26+,31-/m0/s1. The minimum atomic E-state index is -2.29. The summed E-state index contributed by atoms with van der Waals surface area (Å²) >= 11 is 0. The van der Waals surface area contributed by atoms with Gasteiger partial charge in [-0.3, -0.25) is 19.2 Å². The lowest BCUT2D eigenvalue weighted by Gasteiger charge is -2.44. The number of ether oxygens (including phenoxy) is 3. The summed E-state index contributed by atoms with van der Waals surface area (Å²) in [4.78, 5) is 54.1. The van der Waals surface area contributed by atoms with Crippen LogP contribution in [0.25, 0.3) is 0 Å². The first-order chi connectivity index (χ1) is 20.9. The molecule has 0 aromatic heterocycles. The molecule has 0 unspecified atom stereocenters. The van der Waals surface area contributed by atoms with Gasteiger partial charge in [0, 0.05) is 48.6 Å². The van der Waals surface area contributed by atoms with E-state index in [-0.39, 0.29) is 46.9 Å². The fourth-order valence-electron chi connectivity index (χ4n) is 6.75. The van der Waals surface area contributed by atoms with Crippen molar-refractivity contribution >= 4 is 23.3 Å². The number of fused-ring (bicyclic) bond motifs is 3. The van der Waals surface area contributed by atoms with Crippen molar-refractivity contribution in [2.75, 3.05) is 20.3 Å². The van der Waals surface area contributed by atoms with Gasteiger partial charge in [0.1, 0.15) is 35.6 Å². The van der Waals surface area contributed by atoms with Gasteiger partial charge in [-0.2, -0.15) is 0 Å². The highest BCUT2D eigenvalue weighted by Gasteiger charge is 2.50.